The molecule has 0 rings (SSSR count). The van der Waals surface area contributed by atoms with Crippen LogP contribution in [-0.4, -0.2) is 20.2 Å². The minimum Gasteiger partial charge on any atom is -0.414 e. The molecule has 0 aliphatic rings. The Morgan fingerprint density at radius 3 is 2.26 bits per heavy atom. The summed E-state index contributed by atoms with van der Waals surface area (Å²) in [5.74, 6) is 3.23. The predicted molar refractivity (Wildman–Crippen MR) is 84.6 cm³/mol. The molecule has 2 atom stereocenters. The van der Waals surface area contributed by atoms with Crippen molar-refractivity contribution in [3.05, 3.63) is 0 Å². The molecule has 0 radical (unpaired) electrons. The van der Waals surface area contributed by atoms with Gasteiger partial charge in [0.25, 0.3) is 0 Å². The zero-order valence-electron chi connectivity index (χ0n) is 13.7. The summed E-state index contributed by atoms with van der Waals surface area (Å²) >= 11 is 0. The highest BCUT2D eigenvalue weighted by Gasteiger charge is 2.39. The van der Waals surface area contributed by atoms with Crippen LogP contribution in [0.15, 0.2) is 0 Å². The highest BCUT2D eigenvalue weighted by molar-refractivity contribution is 6.74. The topological polar surface area (TPSA) is 26.3 Å². The van der Waals surface area contributed by atoms with Gasteiger partial charge in [0, 0.05) is 18.9 Å². The third-order valence-electron chi connectivity index (χ3n) is 4.11. The Kier molecular flexibility index (Phi) is 7.03. The van der Waals surface area contributed by atoms with E-state index in [0.29, 0.717) is 18.8 Å². The number of ketones is 1. The van der Waals surface area contributed by atoms with E-state index in [4.69, 9.17) is 10.8 Å². The smallest absolute Gasteiger partial charge is 0.192 e. The number of carbonyl (C=O) groups excluding carboxylic acids is 1. The van der Waals surface area contributed by atoms with E-state index in [1.54, 1.807) is 6.92 Å². The van der Waals surface area contributed by atoms with Gasteiger partial charge < -0.3 is 9.22 Å². The maximum atomic E-state index is 11.2. The normalized spacial score (nSPS) is 15.7. The lowest BCUT2D eigenvalue weighted by molar-refractivity contribution is -0.117. The quantitative estimate of drug-likeness (QED) is 0.511. The van der Waals surface area contributed by atoms with Crippen LogP contribution in [0.3, 0.4) is 0 Å². The number of Topliss-reactive ketones (excluding diaryl/α,β-unsaturated/α-hetero) is 1. The van der Waals surface area contributed by atoms with Crippen molar-refractivity contribution < 1.29 is 9.22 Å². The van der Waals surface area contributed by atoms with Crippen LogP contribution in [0.25, 0.3) is 0 Å². The molecular weight excluding hydrogens is 252 g/mol. The van der Waals surface area contributed by atoms with Gasteiger partial charge >= 0.3 is 0 Å². The minimum atomic E-state index is -1.81. The summed E-state index contributed by atoms with van der Waals surface area (Å²) in [5, 5.41) is 0.178. The number of rotatable bonds is 7. The molecule has 110 valence electrons. The number of terminal acetylenes is 1. The van der Waals surface area contributed by atoms with Crippen LogP contribution in [0.1, 0.15) is 53.9 Å². The van der Waals surface area contributed by atoms with Crippen molar-refractivity contribution in [1.82, 2.24) is 0 Å². The molecule has 0 unspecified atom stereocenters. The fraction of sp³-hybridized carbons (Fsp3) is 0.812. The van der Waals surface area contributed by atoms with Gasteiger partial charge in [-0.25, -0.2) is 0 Å². The van der Waals surface area contributed by atoms with Crippen LogP contribution in [0.4, 0.5) is 0 Å². The number of hydrogen-bond acceptors (Lipinski definition) is 2. The minimum absolute atomic E-state index is 0.0980. The predicted octanol–water partition coefficient (Wildman–Crippen LogP) is 4.41. The van der Waals surface area contributed by atoms with E-state index >= 15 is 0 Å². The van der Waals surface area contributed by atoms with E-state index in [9.17, 15) is 4.79 Å². The summed E-state index contributed by atoms with van der Waals surface area (Å²) in [6, 6.07) is 0. The zero-order chi connectivity index (χ0) is 15.3. The molecular formula is C16H30O2Si. The van der Waals surface area contributed by atoms with Crippen molar-refractivity contribution in [3.63, 3.8) is 0 Å². The summed E-state index contributed by atoms with van der Waals surface area (Å²) in [4.78, 5) is 11.2. The molecule has 0 bridgehead atoms. The molecule has 0 aliphatic heterocycles. The first kappa shape index (κ1) is 18.4. The lowest BCUT2D eigenvalue weighted by Crippen LogP contribution is -2.45. The first-order valence-electron chi connectivity index (χ1n) is 7.12. The van der Waals surface area contributed by atoms with Crippen molar-refractivity contribution in [2.45, 2.75) is 78.1 Å². The van der Waals surface area contributed by atoms with Crippen molar-refractivity contribution in [2.75, 3.05) is 0 Å². The van der Waals surface area contributed by atoms with Crippen molar-refractivity contribution in [1.29, 1.82) is 0 Å². The molecule has 0 aliphatic carbocycles. The third kappa shape index (κ3) is 6.40. The fourth-order valence-electron chi connectivity index (χ4n) is 1.68. The van der Waals surface area contributed by atoms with Gasteiger partial charge in [-0.05, 0) is 37.4 Å². The summed E-state index contributed by atoms with van der Waals surface area (Å²) in [7, 11) is -1.81. The molecule has 0 fully saturated rings. The first-order valence-corrected chi connectivity index (χ1v) is 10.0. The third-order valence-corrected chi connectivity index (χ3v) is 8.61. The van der Waals surface area contributed by atoms with Crippen molar-refractivity contribution in [2.24, 2.45) is 5.92 Å². The Balaban J connectivity index is 4.85. The summed E-state index contributed by atoms with van der Waals surface area (Å²) in [5.41, 5.74) is 0. The summed E-state index contributed by atoms with van der Waals surface area (Å²) in [6.45, 7) is 14.9. The van der Waals surface area contributed by atoms with Gasteiger partial charge in [0.05, 0.1) is 0 Å². The maximum Gasteiger partial charge on any atom is 0.192 e. The lowest BCUT2D eigenvalue weighted by Gasteiger charge is -2.40. The Labute approximate surface area is 120 Å². The second kappa shape index (κ2) is 7.26. The molecule has 0 heterocycles. The summed E-state index contributed by atoms with van der Waals surface area (Å²) in [6.07, 6.45) is 7.58. The van der Waals surface area contributed by atoms with Gasteiger partial charge in [0.1, 0.15) is 5.78 Å². The zero-order valence-corrected chi connectivity index (χ0v) is 14.7. The van der Waals surface area contributed by atoms with E-state index in [1.807, 2.05) is 0 Å². The number of carbonyl (C=O) groups is 1. The second-order valence-corrected chi connectivity index (χ2v) is 11.8. The van der Waals surface area contributed by atoms with Crippen LogP contribution in [0, 0.1) is 18.3 Å². The van der Waals surface area contributed by atoms with E-state index in [2.05, 4.69) is 46.7 Å². The molecule has 2 nitrogen and oxygen atoms in total. The first-order chi connectivity index (χ1) is 8.51. The molecule has 0 aromatic heterocycles. The molecule has 0 aromatic carbocycles. The van der Waals surface area contributed by atoms with Crippen LogP contribution >= 0.6 is 0 Å². The van der Waals surface area contributed by atoms with Crippen molar-refractivity contribution >= 4 is 14.1 Å². The molecule has 0 aromatic rings. The van der Waals surface area contributed by atoms with E-state index in [0.717, 1.165) is 6.42 Å². The highest BCUT2D eigenvalue weighted by atomic mass is 28.4. The summed E-state index contributed by atoms with van der Waals surface area (Å²) < 4.78 is 6.46. The van der Waals surface area contributed by atoms with Gasteiger partial charge in [-0.2, -0.15) is 0 Å². The average molecular weight is 282 g/mol. The molecule has 3 heteroatoms. The van der Waals surface area contributed by atoms with E-state index in [1.165, 1.54) is 0 Å². The molecule has 19 heavy (non-hydrogen) atoms. The Bertz CT molecular complexity index is 334. The standard InChI is InChI=1S/C16H30O2Si/c1-9-10-13(2)15(12-11-14(3)17)18-19(7,8)16(4,5)6/h1,13,15H,10-12H2,2-8H3/t13-,15-/m0/s1. The van der Waals surface area contributed by atoms with E-state index in [-0.39, 0.29) is 16.9 Å². The van der Waals surface area contributed by atoms with E-state index < -0.39 is 8.32 Å². The van der Waals surface area contributed by atoms with Crippen LogP contribution in [-0.2, 0) is 9.22 Å². The van der Waals surface area contributed by atoms with Crippen molar-refractivity contribution in [3.8, 4) is 12.3 Å². The Hall–Kier alpha value is -0.593. The Morgan fingerprint density at radius 1 is 1.37 bits per heavy atom. The molecule has 0 saturated carbocycles. The highest BCUT2D eigenvalue weighted by Crippen LogP contribution is 2.38. The largest absolute Gasteiger partial charge is 0.414 e. The maximum absolute atomic E-state index is 11.2. The molecule has 0 spiro atoms. The fourth-order valence-corrected chi connectivity index (χ4v) is 3.14. The average Bonchev–Trinajstić information content (AvgIpc) is 2.22. The Morgan fingerprint density at radius 2 is 1.89 bits per heavy atom. The van der Waals surface area contributed by atoms with Crippen LogP contribution in [0.5, 0.6) is 0 Å². The van der Waals surface area contributed by atoms with Crippen LogP contribution < -0.4 is 0 Å². The SMILES string of the molecule is C#CC[C@H](C)[C@H](CCC(C)=O)O[Si](C)(C)C(C)(C)C. The van der Waals surface area contributed by atoms with Crippen LogP contribution in [0.2, 0.25) is 18.1 Å². The lowest BCUT2D eigenvalue weighted by atomic mass is 9.97. The van der Waals surface area contributed by atoms with Gasteiger partial charge in [0.15, 0.2) is 8.32 Å². The molecule has 0 saturated heterocycles. The number of hydrogen-bond donors (Lipinski definition) is 0. The monoisotopic (exact) mass is 282 g/mol. The van der Waals surface area contributed by atoms with Gasteiger partial charge in [-0.15, -0.1) is 12.3 Å². The van der Waals surface area contributed by atoms with Gasteiger partial charge in [-0.1, -0.05) is 27.7 Å². The van der Waals surface area contributed by atoms with Gasteiger partial charge in [0.2, 0.25) is 0 Å². The van der Waals surface area contributed by atoms with Gasteiger partial charge in [-0.3, -0.25) is 0 Å². The second-order valence-electron chi connectivity index (χ2n) is 7.04. The molecule has 0 amide bonds. The molecule has 0 N–H and O–H groups in total.